The third-order valence-corrected chi connectivity index (χ3v) is 7.30. The van der Waals surface area contributed by atoms with Crippen molar-refractivity contribution in [3.05, 3.63) is 0 Å². The number of hydrogen-bond donors (Lipinski definition) is 0. The van der Waals surface area contributed by atoms with Crippen molar-refractivity contribution < 1.29 is 0 Å². The first-order chi connectivity index (χ1) is 6.40. The molecule has 0 nitrogen and oxygen atoms in total. The maximum absolute atomic E-state index is 2.49. The minimum atomic E-state index is -0.318. The summed E-state index contributed by atoms with van der Waals surface area (Å²) in [6.45, 7) is 9.47. The summed E-state index contributed by atoms with van der Waals surface area (Å²) in [7, 11) is -0.318. The van der Waals surface area contributed by atoms with E-state index in [1.165, 1.54) is 31.4 Å². The maximum Gasteiger partial charge on any atom is -0.0173 e. The maximum atomic E-state index is 2.49. The van der Waals surface area contributed by atoms with Crippen LogP contribution in [0.15, 0.2) is 0 Å². The lowest BCUT2D eigenvalue weighted by atomic mass is 10.0. The average molecular weight is 218 g/mol. The molecule has 0 saturated carbocycles. The van der Waals surface area contributed by atoms with Crippen LogP contribution in [0, 0.1) is 5.92 Å². The van der Waals surface area contributed by atoms with Crippen LogP contribution >= 0.6 is 10.0 Å². The van der Waals surface area contributed by atoms with Gasteiger partial charge < -0.3 is 0 Å². The summed E-state index contributed by atoms with van der Waals surface area (Å²) < 4.78 is 0. The molecule has 1 unspecified atom stereocenters. The smallest absolute Gasteiger partial charge is 0.0173 e. The molecule has 0 aromatic carbocycles. The Kier molecular flexibility index (Phi) is 6.93. The minimum absolute atomic E-state index is 0.318. The van der Waals surface area contributed by atoms with E-state index in [1.807, 2.05) is 0 Å². The van der Waals surface area contributed by atoms with Gasteiger partial charge in [-0.05, 0) is 35.9 Å². The van der Waals surface area contributed by atoms with Crippen molar-refractivity contribution in [3.63, 3.8) is 0 Å². The van der Waals surface area contributed by atoms with Crippen LogP contribution in [0.1, 0.15) is 53.4 Å². The van der Waals surface area contributed by atoms with E-state index >= 15 is 0 Å². The van der Waals surface area contributed by atoms with E-state index in [-0.39, 0.29) is 10.0 Å². The fourth-order valence-corrected chi connectivity index (χ4v) is 2.92. The zero-order valence-electron chi connectivity index (χ0n) is 11.1. The van der Waals surface area contributed by atoms with Crippen LogP contribution in [0.3, 0.4) is 0 Å². The van der Waals surface area contributed by atoms with Crippen LogP contribution in [0.4, 0.5) is 0 Å². The third-order valence-electron chi connectivity index (χ3n) is 3.46. The summed E-state index contributed by atoms with van der Waals surface area (Å²) in [6, 6.07) is 0. The summed E-state index contributed by atoms with van der Waals surface area (Å²) >= 11 is 0. The molecule has 0 spiro atoms. The van der Waals surface area contributed by atoms with Crippen LogP contribution in [0.5, 0.6) is 0 Å². The molecule has 0 radical (unpaired) electrons. The van der Waals surface area contributed by atoms with Gasteiger partial charge in [0.1, 0.15) is 0 Å². The molecular weight excluding hydrogens is 188 g/mol. The SMILES string of the molecule is CCCCC(C)CCS(C)(C)C(C)C. The summed E-state index contributed by atoms with van der Waals surface area (Å²) in [5.41, 5.74) is 0. The first kappa shape index (κ1) is 14.3. The lowest BCUT2D eigenvalue weighted by molar-refractivity contribution is 0.494. The fourth-order valence-electron chi connectivity index (χ4n) is 1.44. The molecule has 88 valence electrons. The van der Waals surface area contributed by atoms with Crippen LogP contribution in [-0.4, -0.2) is 23.5 Å². The number of rotatable bonds is 7. The van der Waals surface area contributed by atoms with Gasteiger partial charge in [-0.3, -0.25) is 0 Å². The van der Waals surface area contributed by atoms with Crippen molar-refractivity contribution in [1.82, 2.24) is 0 Å². The van der Waals surface area contributed by atoms with Gasteiger partial charge >= 0.3 is 0 Å². The molecule has 0 fully saturated rings. The molecule has 0 N–H and O–H groups in total. The summed E-state index contributed by atoms with van der Waals surface area (Å²) in [5, 5.41) is 0.890. The van der Waals surface area contributed by atoms with Gasteiger partial charge in [-0.1, -0.05) is 47.0 Å². The van der Waals surface area contributed by atoms with E-state index < -0.39 is 0 Å². The van der Waals surface area contributed by atoms with Crippen molar-refractivity contribution in [2.45, 2.75) is 58.6 Å². The lowest BCUT2D eigenvalue weighted by Gasteiger charge is -2.36. The average Bonchev–Trinajstić information content (AvgIpc) is 2.11. The van der Waals surface area contributed by atoms with E-state index in [2.05, 4.69) is 40.2 Å². The predicted molar refractivity (Wildman–Crippen MR) is 72.7 cm³/mol. The number of unbranched alkanes of at least 4 members (excludes halogenated alkanes) is 1. The molecule has 1 heteroatoms. The highest BCUT2D eigenvalue weighted by Gasteiger charge is 2.17. The Labute approximate surface area is 93.2 Å². The highest BCUT2D eigenvalue weighted by atomic mass is 32.3. The second-order valence-electron chi connectivity index (χ2n) is 5.41. The van der Waals surface area contributed by atoms with Crippen LogP contribution in [0.2, 0.25) is 0 Å². The van der Waals surface area contributed by atoms with Crippen molar-refractivity contribution in [2.24, 2.45) is 5.92 Å². The van der Waals surface area contributed by atoms with Gasteiger partial charge in [0.2, 0.25) is 0 Å². The summed E-state index contributed by atoms with van der Waals surface area (Å²) in [5.74, 6) is 2.41. The Hall–Kier alpha value is 0.350. The van der Waals surface area contributed by atoms with Gasteiger partial charge in [-0.15, -0.1) is 0 Å². The van der Waals surface area contributed by atoms with E-state index in [4.69, 9.17) is 0 Å². The van der Waals surface area contributed by atoms with Gasteiger partial charge in [0, 0.05) is 0 Å². The van der Waals surface area contributed by atoms with Crippen molar-refractivity contribution in [1.29, 1.82) is 0 Å². The van der Waals surface area contributed by atoms with Gasteiger partial charge in [-0.2, -0.15) is 0 Å². The molecule has 14 heavy (non-hydrogen) atoms. The normalized spacial score (nSPS) is 15.9. The summed E-state index contributed by atoms with van der Waals surface area (Å²) in [4.78, 5) is 0. The zero-order chi connectivity index (χ0) is 11.2. The molecule has 0 amide bonds. The first-order valence-corrected chi connectivity index (χ1v) is 8.78. The van der Waals surface area contributed by atoms with Gasteiger partial charge in [-0.25, -0.2) is 10.0 Å². The highest BCUT2D eigenvalue weighted by molar-refractivity contribution is 8.33. The zero-order valence-corrected chi connectivity index (χ0v) is 11.9. The van der Waals surface area contributed by atoms with Crippen molar-refractivity contribution in [2.75, 3.05) is 18.3 Å². The lowest BCUT2D eigenvalue weighted by Crippen LogP contribution is -2.14. The largest absolute Gasteiger partial charge is 0.244 e. The van der Waals surface area contributed by atoms with E-state index in [9.17, 15) is 0 Å². The van der Waals surface area contributed by atoms with Gasteiger partial charge in [0.15, 0.2) is 0 Å². The number of hydrogen-bond acceptors (Lipinski definition) is 0. The Morgan fingerprint density at radius 3 is 2.00 bits per heavy atom. The van der Waals surface area contributed by atoms with E-state index in [1.54, 1.807) is 0 Å². The van der Waals surface area contributed by atoms with Crippen LogP contribution < -0.4 is 0 Å². The quantitative estimate of drug-likeness (QED) is 0.582. The molecule has 0 aromatic heterocycles. The molecule has 0 aromatic rings. The van der Waals surface area contributed by atoms with Crippen molar-refractivity contribution >= 4 is 10.0 Å². The second kappa shape index (κ2) is 6.76. The topological polar surface area (TPSA) is 0 Å². The molecule has 0 bridgehead atoms. The highest BCUT2D eigenvalue weighted by Crippen LogP contribution is 2.46. The van der Waals surface area contributed by atoms with E-state index in [0.717, 1.165) is 11.2 Å². The minimum Gasteiger partial charge on any atom is -0.244 e. The fraction of sp³-hybridized carbons (Fsp3) is 1.00. The molecule has 0 heterocycles. The Balaban J connectivity index is 3.70. The van der Waals surface area contributed by atoms with Crippen LogP contribution in [-0.2, 0) is 0 Å². The Morgan fingerprint density at radius 1 is 1.00 bits per heavy atom. The Morgan fingerprint density at radius 2 is 1.57 bits per heavy atom. The molecule has 1 atom stereocenters. The van der Waals surface area contributed by atoms with Gasteiger partial charge in [0.05, 0.1) is 0 Å². The Bertz CT molecular complexity index is 138. The molecular formula is C13H30S. The predicted octanol–water partition coefficient (Wildman–Crippen LogP) is 4.68. The molecule has 0 aliphatic carbocycles. The van der Waals surface area contributed by atoms with Crippen LogP contribution in [0.25, 0.3) is 0 Å². The standard InChI is InChI=1S/C13H30S/c1-7-8-9-13(4)10-11-14(5,6)12(2)3/h12-13H,7-11H2,1-6H3. The molecule has 0 rings (SSSR count). The first-order valence-electron chi connectivity index (χ1n) is 6.10. The van der Waals surface area contributed by atoms with Gasteiger partial charge in [0.25, 0.3) is 0 Å². The molecule has 0 aliphatic rings. The summed E-state index contributed by atoms with van der Waals surface area (Å²) in [6.07, 6.45) is 10.6. The molecule has 0 aliphatic heterocycles. The van der Waals surface area contributed by atoms with Crippen molar-refractivity contribution in [3.8, 4) is 0 Å². The van der Waals surface area contributed by atoms with E-state index in [0.29, 0.717) is 0 Å². The molecule has 0 saturated heterocycles. The third kappa shape index (κ3) is 5.95. The second-order valence-corrected chi connectivity index (χ2v) is 10.0. The monoisotopic (exact) mass is 218 g/mol.